The van der Waals surface area contributed by atoms with Crippen LogP contribution in [0.2, 0.25) is 0 Å². The molecule has 0 aromatic carbocycles. The molecule has 136 valence electrons. The van der Waals surface area contributed by atoms with Gasteiger partial charge < -0.3 is 14.2 Å². The lowest BCUT2D eigenvalue weighted by atomic mass is 10.3. The van der Waals surface area contributed by atoms with Gasteiger partial charge in [-0.3, -0.25) is 4.90 Å². The SMILES string of the molecule is CO[C@H](C)c1noc(CN2CCCN(c3cc(C)nc(C)n3)CC2)n1. The average molecular weight is 346 g/mol. The first-order chi connectivity index (χ1) is 12.0. The van der Waals surface area contributed by atoms with Gasteiger partial charge in [-0.05, 0) is 27.2 Å². The van der Waals surface area contributed by atoms with E-state index in [1.54, 1.807) is 7.11 Å². The topological polar surface area (TPSA) is 80.4 Å². The number of anilines is 1. The van der Waals surface area contributed by atoms with E-state index in [1.165, 1.54) is 0 Å². The molecule has 0 saturated carbocycles. The quantitative estimate of drug-likeness (QED) is 0.812. The standard InChI is InChI=1S/C17H26N6O2/c1-12-10-15(19-14(3)18-12)23-7-5-6-22(8-9-23)11-16-20-17(21-25-16)13(2)24-4/h10,13H,5-9,11H2,1-4H3/t13-/m1/s1. The molecule has 0 bridgehead atoms. The minimum atomic E-state index is -0.152. The van der Waals surface area contributed by atoms with Gasteiger partial charge in [0.05, 0.1) is 6.54 Å². The van der Waals surface area contributed by atoms with Crippen LogP contribution in [0.5, 0.6) is 0 Å². The molecule has 1 aliphatic rings. The Morgan fingerprint density at radius 2 is 2.00 bits per heavy atom. The highest BCUT2D eigenvalue weighted by Crippen LogP contribution is 2.17. The monoisotopic (exact) mass is 346 g/mol. The van der Waals surface area contributed by atoms with E-state index >= 15 is 0 Å². The molecule has 1 fully saturated rings. The van der Waals surface area contributed by atoms with Crippen LogP contribution in [0.25, 0.3) is 0 Å². The summed E-state index contributed by atoms with van der Waals surface area (Å²) in [5.41, 5.74) is 1.01. The molecular weight excluding hydrogens is 320 g/mol. The molecule has 0 unspecified atom stereocenters. The predicted octanol–water partition coefficient (Wildman–Crippen LogP) is 1.90. The van der Waals surface area contributed by atoms with Crippen molar-refractivity contribution in [3.63, 3.8) is 0 Å². The fraction of sp³-hybridized carbons (Fsp3) is 0.647. The van der Waals surface area contributed by atoms with E-state index in [1.807, 2.05) is 20.8 Å². The van der Waals surface area contributed by atoms with Crippen LogP contribution in [0, 0.1) is 13.8 Å². The second-order valence-corrected chi connectivity index (χ2v) is 6.46. The first-order valence-corrected chi connectivity index (χ1v) is 8.70. The fourth-order valence-electron chi connectivity index (χ4n) is 3.01. The van der Waals surface area contributed by atoms with Gasteiger partial charge in [-0.25, -0.2) is 9.97 Å². The lowest BCUT2D eigenvalue weighted by Gasteiger charge is -2.22. The summed E-state index contributed by atoms with van der Waals surface area (Å²) in [7, 11) is 1.64. The van der Waals surface area contributed by atoms with E-state index in [9.17, 15) is 0 Å². The van der Waals surface area contributed by atoms with Gasteiger partial charge in [0, 0.05) is 45.0 Å². The summed E-state index contributed by atoms with van der Waals surface area (Å²) < 4.78 is 10.6. The number of nitrogens with zero attached hydrogens (tertiary/aromatic N) is 6. The molecular formula is C17H26N6O2. The number of aryl methyl sites for hydroxylation is 2. The van der Waals surface area contributed by atoms with E-state index in [4.69, 9.17) is 9.26 Å². The fourth-order valence-corrected chi connectivity index (χ4v) is 3.01. The van der Waals surface area contributed by atoms with Crippen molar-refractivity contribution in [2.45, 2.75) is 39.8 Å². The van der Waals surface area contributed by atoms with Gasteiger partial charge in [0.25, 0.3) is 0 Å². The molecule has 0 radical (unpaired) electrons. The number of rotatable bonds is 5. The maximum absolute atomic E-state index is 5.36. The Kier molecular flexibility index (Phi) is 5.60. The highest BCUT2D eigenvalue weighted by molar-refractivity contribution is 5.39. The molecule has 3 rings (SSSR count). The highest BCUT2D eigenvalue weighted by atomic mass is 16.5. The average Bonchev–Trinajstić information content (AvgIpc) is 2.91. The van der Waals surface area contributed by atoms with Gasteiger partial charge in [0.2, 0.25) is 5.89 Å². The van der Waals surface area contributed by atoms with Gasteiger partial charge in [0.1, 0.15) is 17.7 Å². The van der Waals surface area contributed by atoms with E-state index in [2.05, 4.69) is 36.0 Å². The van der Waals surface area contributed by atoms with Crippen molar-refractivity contribution in [2.75, 3.05) is 38.2 Å². The van der Waals surface area contributed by atoms with E-state index in [0.717, 1.165) is 49.9 Å². The molecule has 8 nitrogen and oxygen atoms in total. The van der Waals surface area contributed by atoms with Gasteiger partial charge in [0.15, 0.2) is 5.82 Å². The molecule has 0 aliphatic carbocycles. The molecule has 2 aromatic heterocycles. The van der Waals surface area contributed by atoms with Gasteiger partial charge in [-0.1, -0.05) is 5.16 Å². The second-order valence-electron chi connectivity index (χ2n) is 6.46. The third-order valence-corrected chi connectivity index (χ3v) is 4.42. The van der Waals surface area contributed by atoms with Crippen LogP contribution in [0.3, 0.4) is 0 Å². The van der Waals surface area contributed by atoms with Gasteiger partial charge in [-0.2, -0.15) is 4.98 Å². The first kappa shape index (κ1) is 17.8. The zero-order valence-corrected chi connectivity index (χ0v) is 15.4. The van der Waals surface area contributed by atoms with Crippen LogP contribution in [0.15, 0.2) is 10.6 Å². The third kappa shape index (κ3) is 4.52. The molecule has 25 heavy (non-hydrogen) atoms. The molecule has 2 aromatic rings. The largest absolute Gasteiger partial charge is 0.374 e. The summed E-state index contributed by atoms with van der Waals surface area (Å²) >= 11 is 0. The van der Waals surface area contributed by atoms with E-state index < -0.39 is 0 Å². The smallest absolute Gasteiger partial charge is 0.240 e. The lowest BCUT2D eigenvalue weighted by molar-refractivity contribution is 0.109. The minimum Gasteiger partial charge on any atom is -0.374 e. The Hall–Kier alpha value is -2.06. The summed E-state index contributed by atoms with van der Waals surface area (Å²) in [5, 5.41) is 3.99. The van der Waals surface area contributed by atoms with Crippen LogP contribution in [0.4, 0.5) is 5.82 Å². The molecule has 1 aliphatic heterocycles. The van der Waals surface area contributed by atoms with Crippen LogP contribution >= 0.6 is 0 Å². The van der Waals surface area contributed by atoms with Crippen molar-refractivity contribution in [2.24, 2.45) is 0 Å². The van der Waals surface area contributed by atoms with E-state index in [-0.39, 0.29) is 6.10 Å². The lowest BCUT2D eigenvalue weighted by Crippen LogP contribution is -2.31. The number of hydrogen-bond donors (Lipinski definition) is 0. The minimum absolute atomic E-state index is 0.152. The van der Waals surface area contributed by atoms with Crippen LogP contribution in [-0.2, 0) is 11.3 Å². The first-order valence-electron chi connectivity index (χ1n) is 8.70. The molecule has 0 spiro atoms. The summed E-state index contributed by atoms with van der Waals surface area (Å²) in [6.07, 6.45) is 0.916. The summed E-state index contributed by atoms with van der Waals surface area (Å²) in [6.45, 7) is 10.4. The molecule has 3 heterocycles. The third-order valence-electron chi connectivity index (χ3n) is 4.42. The van der Waals surface area contributed by atoms with Crippen molar-refractivity contribution >= 4 is 5.82 Å². The molecule has 8 heteroatoms. The zero-order chi connectivity index (χ0) is 17.8. The van der Waals surface area contributed by atoms with E-state index in [0.29, 0.717) is 18.3 Å². The molecule has 1 saturated heterocycles. The molecule has 0 amide bonds. The van der Waals surface area contributed by atoms with Crippen molar-refractivity contribution in [3.8, 4) is 0 Å². The van der Waals surface area contributed by atoms with Crippen LogP contribution in [-0.4, -0.2) is 58.3 Å². The number of methoxy groups -OCH3 is 1. The Labute approximate surface area is 148 Å². The Morgan fingerprint density at radius 1 is 1.16 bits per heavy atom. The van der Waals surface area contributed by atoms with Gasteiger partial charge >= 0.3 is 0 Å². The number of hydrogen-bond acceptors (Lipinski definition) is 8. The number of aromatic nitrogens is 4. The van der Waals surface area contributed by atoms with Crippen molar-refractivity contribution in [1.82, 2.24) is 25.0 Å². The maximum atomic E-state index is 5.36. The molecule has 0 N–H and O–H groups in total. The summed E-state index contributed by atoms with van der Waals surface area (Å²) in [6, 6.07) is 2.05. The van der Waals surface area contributed by atoms with Gasteiger partial charge in [-0.15, -0.1) is 0 Å². The Bertz CT molecular complexity index is 684. The van der Waals surface area contributed by atoms with Crippen LogP contribution in [0.1, 0.15) is 42.7 Å². The molecule has 1 atom stereocenters. The van der Waals surface area contributed by atoms with Crippen LogP contribution < -0.4 is 4.90 Å². The summed E-state index contributed by atoms with van der Waals surface area (Å²) in [5.74, 6) is 3.07. The zero-order valence-electron chi connectivity index (χ0n) is 15.4. The summed E-state index contributed by atoms with van der Waals surface area (Å²) in [4.78, 5) is 18.0. The Balaban J connectivity index is 1.60. The highest BCUT2D eigenvalue weighted by Gasteiger charge is 2.20. The van der Waals surface area contributed by atoms with Crippen molar-refractivity contribution in [1.29, 1.82) is 0 Å². The maximum Gasteiger partial charge on any atom is 0.240 e. The Morgan fingerprint density at radius 3 is 2.76 bits per heavy atom. The predicted molar refractivity (Wildman–Crippen MR) is 93.3 cm³/mol. The second kappa shape index (κ2) is 7.88. The van der Waals surface area contributed by atoms with Crippen molar-refractivity contribution < 1.29 is 9.26 Å². The normalized spacial score (nSPS) is 17.5. The number of ether oxygens (including phenoxy) is 1. The van der Waals surface area contributed by atoms with Crippen molar-refractivity contribution in [3.05, 3.63) is 29.3 Å².